The lowest BCUT2D eigenvalue weighted by Crippen LogP contribution is -2.13. The van der Waals surface area contributed by atoms with Gasteiger partial charge in [-0.2, -0.15) is 0 Å². The Balaban J connectivity index is 1.77. The summed E-state index contributed by atoms with van der Waals surface area (Å²) in [5.74, 6) is 0.785. The van der Waals surface area contributed by atoms with E-state index in [4.69, 9.17) is 21.1 Å². The predicted octanol–water partition coefficient (Wildman–Crippen LogP) is 2.69. The number of ether oxygens (including phenoxy) is 2. The number of carbonyl (C=O) groups is 1. The number of nitrogens with one attached hydrogen (secondary N) is 2. The third kappa shape index (κ3) is 3.72. The van der Waals surface area contributed by atoms with Crippen LogP contribution in [0.25, 0.3) is 0 Å². The van der Waals surface area contributed by atoms with Gasteiger partial charge in [0.15, 0.2) is 11.5 Å². The first-order chi connectivity index (χ1) is 11.3. The average molecular weight is 369 g/mol. The van der Waals surface area contributed by atoms with Gasteiger partial charge in [-0.05, 0) is 30.3 Å². The van der Waals surface area contributed by atoms with Gasteiger partial charge < -0.3 is 14.8 Å². The lowest BCUT2D eigenvalue weighted by Gasteiger charge is -2.09. The summed E-state index contributed by atoms with van der Waals surface area (Å²) < 4.78 is 35.2. The van der Waals surface area contributed by atoms with Crippen molar-refractivity contribution in [2.45, 2.75) is 0 Å². The second kappa shape index (κ2) is 6.21. The van der Waals surface area contributed by atoms with Crippen molar-refractivity contribution in [3.05, 3.63) is 47.0 Å². The maximum Gasteiger partial charge on any atom is 0.255 e. The topological polar surface area (TPSA) is 93.7 Å². The van der Waals surface area contributed by atoms with Crippen LogP contribution in [0.3, 0.4) is 0 Å². The summed E-state index contributed by atoms with van der Waals surface area (Å²) >= 11 is 6.02. The van der Waals surface area contributed by atoms with Crippen molar-refractivity contribution >= 4 is 38.9 Å². The van der Waals surface area contributed by atoms with Crippen molar-refractivity contribution in [1.29, 1.82) is 0 Å². The van der Waals surface area contributed by atoms with E-state index in [1.165, 1.54) is 18.2 Å². The molecule has 0 bridgehead atoms. The number of hydrogen-bond donors (Lipinski definition) is 2. The number of fused-ring (bicyclic) bond motifs is 1. The van der Waals surface area contributed by atoms with Crippen LogP contribution in [0.1, 0.15) is 10.4 Å². The van der Waals surface area contributed by atoms with Crippen LogP contribution in [0, 0.1) is 0 Å². The zero-order chi connectivity index (χ0) is 17.3. The summed E-state index contributed by atoms with van der Waals surface area (Å²) in [6.45, 7) is 0.150. The Bertz CT molecular complexity index is 914. The van der Waals surface area contributed by atoms with Crippen LogP contribution in [0.2, 0.25) is 5.02 Å². The molecule has 3 rings (SSSR count). The molecule has 0 saturated carbocycles. The minimum absolute atomic E-state index is 0.124. The Kier molecular flexibility index (Phi) is 4.25. The number of amides is 1. The number of anilines is 2. The third-order valence-electron chi connectivity index (χ3n) is 3.16. The number of carbonyl (C=O) groups excluding carboxylic acids is 1. The molecular weight excluding hydrogens is 356 g/mol. The van der Waals surface area contributed by atoms with E-state index in [9.17, 15) is 13.2 Å². The van der Waals surface area contributed by atoms with Gasteiger partial charge in [0.05, 0.1) is 17.0 Å². The van der Waals surface area contributed by atoms with E-state index in [1.807, 2.05) is 0 Å². The lowest BCUT2D eigenvalue weighted by molar-refractivity contribution is 0.102. The highest BCUT2D eigenvalue weighted by Gasteiger charge is 2.15. The lowest BCUT2D eigenvalue weighted by atomic mass is 10.2. The Hall–Kier alpha value is -2.45. The van der Waals surface area contributed by atoms with Crippen molar-refractivity contribution in [1.82, 2.24) is 0 Å². The predicted molar refractivity (Wildman–Crippen MR) is 90.4 cm³/mol. The molecule has 24 heavy (non-hydrogen) atoms. The Morgan fingerprint density at radius 1 is 1.12 bits per heavy atom. The third-order valence-corrected chi connectivity index (χ3v) is 4.06. The fourth-order valence-electron chi connectivity index (χ4n) is 2.12. The van der Waals surface area contributed by atoms with Crippen molar-refractivity contribution in [3.8, 4) is 11.5 Å². The van der Waals surface area contributed by atoms with E-state index in [2.05, 4.69) is 10.0 Å². The summed E-state index contributed by atoms with van der Waals surface area (Å²) in [7, 11) is -3.45. The van der Waals surface area contributed by atoms with E-state index < -0.39 is 10.0 Å². The molecule has 9 heteroatoms. The highest BCUT2D eigenvalue weighted by Crippen LogP contribution is 2.34. The monoisotopic (exact) mass is 368 g/mol. The average Bonchev–Trinajstić information content (AvgIpc) is 2.95. The first-order valence-electron chi connectivity index (χ1n) is 6.80. The normalized spacial score (nSPS) is 12.8. The molecule has 2 N–H and O–H groups in total. The molecule has 1 amide bonds. The number of halogens is 1. The van der Waals surface area contributed by atoms with E-state index in [0.29, 0.717) is 17.2 Å². The fourth-order valence-corrected chi connectivity index (χ4v) is 2.98. The van der Waals surface area contributed by atoms with Gasteiger partial charge in [-0.3, -0.25) is 9.52 Å². The van der Waals surface area contributed by atoms with Crippen LogP contribution in [0.5, 0.6) is 11.5 Å². The van der Waals surface area contributed by atoms with E-state index in [1.54, 1.807) is 18.2 Å². The minimum atomic E-state index is -3.45. The van der Waals surface area contributed by atoms with Crippen LogP contribution in [-0.4, -0.2) is 27.4 Å². The quantitative estimate of drug-likeness (QED) is 0.865. The zero-order valence-corrected chi connectivity index (χ0v) is 14.1. The summed E-state index contributed by atoms with van der Waals surface area (Å²) in [6.07, 6.45) is 1.02. The van der Waals surface area contributed by atoms with Crippen molar-refractivity contribution < 1.29 is 22.7 Å². The summed E-state index contributed by atoms with van der Waals surface area (Å²) in [4.78, 5) is 12.3. The van der Waals surface area contributed by atoms with Crippen molar-refractivity contribution in [2.24, 2.45) is 0 Å². The summed E-state index contributed by atoms with van der Waals surface area (Å²) in [6, 6.07) is 9.33. The molecule has 0 saturated heterocycles. The molecule has 0 fully saturated rings. The van der Waals surface area contributed by atoms with Crippen LogP contribution >= 0.6 is 11.6 Å². The van der Waals surface area contributed by atoms with Gasteiger partial charge in [0.25, 0.3) is 5.91 Å². The molecule has 2 aromatic carbocycles. The van der Waals surface area contributed by atoms with Crippen LogP contribution < -0.4 is 19.5 Å². The maximum absolute atomic E-state index is 12.3. The number of hydrogen-bond acceptors (Lipinski definition) is 5. The maximum atomic E-state index is 12.3. The smallest absolute Gasteiger partial charge is 0.255 e. The summed E-state index contributed by atoms with van der Waals surface area (Å²) in [5.41, 5.74) is 1.04. The van der Waals surface area contributed by atoms with E-state index in [-0.39, 0.29) is 29.0 Å². The van der Waals surface area contributed by atoms with Gasteiger partial charge in [0, 0.05) is 17.3 Å². The number of rotatable bonds is 4. The standard InChI is InChI=1S/C15H13ClN2O5S/c1-24(20,21)18-12-4-2-9(6-11(12)16)15(19)17-10-3-5-13-14(7-10)23-8-22-13/h2-7,18H,8H2,1H3,(H,17,19). The van der Waals surface area contributed by atoms with Gasteiger partial charge in [-0.15, -0.1) is 0 Å². The second-order valence-corrected chi connectivity index (χ2v) is 7.25. The first-order valence-corrected chi connectivity index (χ1v) is 9.07. The van der Waals surface area contributed by atoms with Crippen molar-refractivity contribution in [2.75, 3.05) is 23.1 Å². The van der Waals surface area contributed by atoms with E-state index >= 15 is 0 Å². The van der Waals surface area contributed by atoms with Crippen LogP contribution in [-0.2, 0) is 10.0 Å². The number of sulfonamides is 1. The van der Waals surface area contributed by atoms with Gasteiger partial charge in [-0.1, -0.05) is 11.6 Å². The molecule has 126 valence electrons. The van der Waals surface area contributed by atoms with Gasteiger partial charge >= 0.3 is 0 Å². The molecular formula is C15H13ClN2O5S. The molecule has 0 atom stereocenters. The molecule has 0 aromatic heterocycles. The molecule has 0 radical (unpaired) electrons. The molecule has 1 aliphatic rings. The minimum Gasteiger partial charge on any atom is -0.454 e. The largest absolute Gasteiger partial charge is 0.454 e. The molecule has 1 aliphatic heterocycles. The Labute approximate surface area is 143 Å². The van der Waals surface area contributed by atoms with E-state index in [0.717, 1.165) is 6.26 Å². The van der Waals surface area contributed by atoms with Gasteiger partial charge in [0.2, 0.25) is 16.8 Å². The van der Waals surface area contributed by atoms with Gasteiger partial charge in [0.1, 0.15) is 0 Å². The molecule has 0 aliphatic carbocycles. The highest BCUT2D eigenvalue weighted by atomic mass is 35.5. The molecule has 7 nitrogen and oxygen atoms in total. The fraction of sp³-hybridized carbons (Fsp3) is 0.133. The van der Waals surface area contributed by atoms with Gasteiger partial charge in [-0.25, -0.2) is 8.42 Å². The molecule has 0 spiro atoms. The Morgan fingerprint density at radius 2 is 1.88 bits per heavy atom. The van der Waals surface area contributed by atoms with Crippen LogP contribution in [0.4, 0.5) is 11.4 Å². The second-order valence-electron chi connectivity index (χ2n) is 5.09. The molecule has 1 heterocycles. The highest BCUT2D eigenvalue weighted by molar-refractivity contribution is 7.92. The van der Waals surface area contributed by atoms with Crippen LogP contribution in [0.15, 0.2) is 36.4 Å². The molecule has 0 unspecified atom stereocenters. The zero-order valence-electron chi connectivity index (χ0n) is 12.5. The first kappa shape index (κ1) is 16.4. The Morgan fingerprint density at radius 3 is 2.58 bits per heavy atom. The summed E-state index contributed by atoms with van der Waals surface area (Å²) in [5, 5.41) is 2.83. The van der Waals surface area contributed by atoms with Crippen molar-refractivity contribution in [3.63, 3.8) is 0 Å². The number of benzene rings is 2. The SMILES string of the molecule is CS(=O)(=O)Nc1ccc(C(=O)Nc2ccc3c(c2)OCO3)cc1Cl. The molecule has 2 aromatic rings.